The third-order valence-corrected chi connectivity index (χ3v) is 4.30. The van der Waals surface area contributed by atoms with Gasteiger partial charge in [-0.25, -0.2) is 18.9 Å². The van der Waals surface area contributed by atoms with Crippen LogP contribution in [0, 0.1) is 5.92 Å². The number of fused-ring (bicyclic) bond motifs is 1. The van der Waals surface area contributed by atoms with Gasteiger partial charge in [-0.2, -0.15) is 5.10 Å². The highest BCUT2D eigenvalue weighted by Gasteiger charge is 2.53. The lowest BCUT2D eigenvalue weighted by molar-refractivity contribution is -0.00310. The van der Waals surface area contributed by atoms with Crippen molar-refractivity contribution in [2.24, 2.45) is 5.92 Å². The van der Waals surface area contributed by atoms with Crippen molar-refractivity contribution in [3.63, 3.8) is 0 Å². The van der Waals surface area contributed by atoms with Gasteiger partial charge in [-0.3, -0.25) is 0 Å². The maximum atomic E-state index is 15.1. The zero-order chi connectivity index (χ0) is 14.5. The minimum Gasteiger partial charge on any atom is -0.381 e. The molecule has 3 heterocycles. The van der Waals surface area contributed by atoms with Crippen molar-refractivity contribution in [1.82, 2.24) is 19.6 Å². The van der Waals surface area contributed by atoms with Crippen molar-refractivity contribution in [2.45, 2.75) is 45.1 Å². The largest absolute Gasteiger partial charge is 0.381 e. The predicted octanol–water partition coefficient (Wildman–Crippen LogP) is 1.92. The SMILES string of the molecule is CC[C@H]1O[C@@H](c2cnc3c(N)ncnn23)[C@](C)(F)[C@@H]1C. The molecule has 0 aliphatic carbocycles. The Morgan fingerprint density at radius 3 is 2.90 bits per heavy atom. The molecule has 20 heavy (non-hydrogen) atoms. The fourth-order valence-corrected chi connectivity index (χ4v) is 2.87. The number of anilines is 1. The lowest BCUT2D eigenvalue weighted by Gasteiger charge is -2.24. The first-order valence-electron chi connectivity index (χ1n) is 6.75. The first-order valence-corrected chi connectivity index (χ1v) is 6.75. The van der Waals surface area contributed by atoms with Crippen LogP contribution in [0.4, 0.5) is 10.2 Å². The van der Waals surface area contributed by atoms with E-state index < -0.39 is 11.8 Å². The van der Waals surface area contributed by atoms with Crippen molar-refractivity contribution >= 4 is 11.5 Å². The highest BCUT2D eigenvalue weighted by Crippen LogP contribution is 2.48. The van der Waals surface area contributed by atoms with Crippen LogP contribution >= 0.6 is 0 Å². The molecule has 108 valence electrons. The maximum absolute atomic E-state index is 15.1. The summed E-state index contributed by atoms with van der Waals surface area (Å²) in [6.45, 7) is 5.44. The summed E-state index contributed by atoms with van der Waals surface area (Å²) in [5.74, 6) is 0.0760. The van der Waals surface area contributed by atoms with Gasteiger partial charge in [-0.1, -0.05) is 13.8 Å². The number of aromatic nitrogens is 4. The third-order valence-electron chi connectivity index (χ3n) is 4.30. The van der Waals surface area contributed by atoms with Gasteiger partial charge in [-0.15, -0.1) is 0 Å². The molecular formula is C13H18FN5O. The molecule has 0 saturated carbocycles. The van der Waals surface area contributed by atoms with Crippen LogP contribution in [0.2, 0.25) is 0 Å². The van der Waals surface area contributed by atoms with Crippen molar-refractivity contribution in [2.75, 3.05) is 5.73 Å². The van der Waals surface area contributed by atoms with Crippen LogP contribution in [-0.2, 0) is 4.74 Å². The van der Waals surface area contributed by atoms with E-state index in [1.54, 1.807) is 13.1 Å². The van der Waals surface area contributed by atoms with Gasteiger partial charge in [0.25, 0.3) is 0 Å². The van der Waals surface area contributed by atoms with E-state index in [-0.39, 0.29) is 17.8 Å². The van der Waals surface area contributed by atoms with Crippen LogP contribution < -0.4 is 5.73 Å². The topological polar surface area (TPSA) is 78.3 Å². The quantitative estimate of drug-likeness (QED) is 0.908. The number of nitrogen functional groups attached to an aromatic ring is 1. The molecule has 2 aromatic heterocycles. The number of nitrogens with two attached hydrogens (primary N) is 1. The molecule has 1 aliphatic heterocycles. The summed E-state index contributed by atoms with van der Waals surface area (Å²) in [5, 5.41) is 4.10. The Hall–Kier alpha value is -1.76. The van der Waals surface area contributed by atoms with Gasteiger partial charge in [0.05, 0.1) is 18.0 Å². The number of hydrogen-bond donors (Lipinski definition) is 1. The maximum Gasteiger partial charge on any atom is 0.196 e. The average molecular weight is 279 g/mol. The lowest BCUT2D eigenvalue weighted by atomic mass is 9.85. The molecule has 0 radical (unpaired) electrons. The second-order valence-corrected chi connectivity index (χ2v) is 5.47. The highest BCUT2D eigenvalue weighted by molar-refractivity contribution is 5.58. The molecule has 1 aliphatic rings. The number of alkyl halides is 1. The van der Waals surface area contributed by atoms with Gasteiger partial charge in [0.2, 0.25) is 0 Å². The number of imidazole rings is 1. The first kappa shape index (κ1) is 13.2. The van der Waals surface area contributed by atoms with Crippen molar-refractivity contribution < 1.29 is 9.13 Å². The Kier molecular flexibility index (Phi) is 2.89. The lowest BCUT2D eigenvalue weighted by Crippen LogP contribution is -2.31. The fraction of sp³-hybridized carbons (Fsp3) is 0.615. The molecule has 3 rings (SSSR count). The van der Waals surface area contributed by atoms with E-state index in [2.05, 4.69) is 15.1 Å². The van der Waals surface area contributed by atoms with Gasteiger partial charge >= 0.3 is 0 Å². The molecule has 0 amide bonds. The summed E-state index contributed by atoms with van der Waals surface area (Å²) in [6, 6.07) is 0. The van der Waals surface area contributed by atoms with Crippen LogP contribution in [0.1, 0.15) is 39.0 Å². The van der Waals surface area contributed by atoms with Gasteiger partial charge in [0.1, 0.15) is 18.1 Å². The zero-order valence-electron chi connectivity index (χ0n) is 11.7. The number of halogens is 1. The van der Waals surface area contributed by atoms with E-state index in [4.69, 9.17) is 10.5 Å². The molecule has 1 saturated heterocycles. The minimum absolute atomic E-state index is 0.111. The van der Waals surface area contributed by atoms with E-state index >= 15 is 4.39 Å². The first-order chi connectivity index (χ1) is 9.46. The Labute approximate surface area is 116 Å². The van der Waals surface area contributed by atoms with E-state index in [1.807, 2.05) is 13.8 Å². The molecule has 0 aromatic carbocycles. The second kappa shape index (κ2) is 4.37. The van der Waals surface area contributed by atoms with Crippen molar-refractivity contribution in [3.05, 3.63) is 18.2 Å². The summed E-state index contributed by atoms with van der Waals surface area (Å²) in [7, 11) is 0. The van der Waals surface area contributed by atoms with Crippen LogP contribution in [0.3, 0.4) is 0 Å². The number of ether oxygens (including phenoxy) is 1. The molecule has 7 heteroatoms. The second-order valence-electron chi connectivity index (χ2n) is 5.47. The molecule has 2 N–H and O–H groups in total. The standard InChI is InChI=1S/C13H18FN5O/c1-4-9-7(2)13(3,14)10(20-9)8-5-16-12-11(15)17-6-18-19(8)12/h5-7,9-10H,4H2,1-3H3,(H2,15,17,18)/t7-,9-,10+,13-/m1/s1. The third kappa shape index (κ3) is 1.69. The van der Waals surface area contributed by atoms with Crippen LogP contribution in [0.25, 0.3) is 5.65 Å². The zero-order valence-corrected chi connectivity index (χ0v) is 11.7. The summed E-state index contributed by atoms with van der Waals surface area (Å²) in [6.07, 6.45) is 2.85. The Morgan fingerprint density at radius 2 is 2.25 bits per heavy atom. The van der Waals surface area contributed by atoms with E-state index in [9.17, 15) is 0 Å². The smallest absolute Gasteiger partial charge is 0.196 e. The molecule has 6 nitrogen and oxygen atoms in total. The van der Waals surface area contributed by atoms with Crippen LogP contribution in [-0.4, -0.2) is 31.4 Å². The molecule has 1 fully saturated rings. The number of rotatable bonds is 2. The normalized spacial score (nSPS) is 33.9. The summed E-state index contributed by atoms with van der Waals surface area (Å²) < 4.78 is 22.5. The molecule has 4 atom stereocenters. The van der Waals surface area contributed by atoms with E-state index in [0.29, 0.717) is 11.3 Å². The number of nitrogens with zero attached hydrogens (tertiary/aromatic N) is 4. The fourth-order valence-electron chi connectivity index (χ4n) is 2.87. The van der Waals surface area contributed by atoms with Crippen LogP contribution in [0.5, 0.6) is 0 Å². The Morgan fingerprint density at radius 1 is 1.50 bits per heavy atom. The molecule has 0 spiro atoms. The summed E-state index contributed by atoms with van der Waals surface area (Å²) in [5.41, 5.74) is 5.27. The van der Waals surface area contributed by atoms with Crippen molar-refractivity contribution in [3.8, 4) is 0 Å². The van der Waals surface area contributed by atoms with Crippen molar-refractivity contribution in [1.29, 1.82) is 0 Å². The monoisotopic (exact) mass is 279 g/mol. The Balaban J connectivity index is 2.10. The Bertz CT molecular complexity index is 641. The van der Waals surface area contributed by atoms with Gasteiger partial charge in [-0.05, 0) is 13.3 Å². The molecule has 0 bridgehead atoms. The van der Waals surface area contributed by atoms with E-state index in [1.165, 1.54) is 10.8 Å². The molecule has 0 unspecified atom stereocenters. The van der Waals surface area contributed by atoms with E-state index in [0.717, 1.165) is 6.42 Å². The highest BCUT2D eigenvalue weighted by atomic mass is 19.1. The molecule has 2 aromatic rings. The van der Waals surface area contributed by atoms with Gasteiger partial charge in [0, 0.05) is 5.92 Å². The minimum atomic E-state index is -1.48. The van der Waals surface area contributed by atoms with Crippen LogP contribution in [0.15, 0.2) is 12.5 Å². The molecular weight excluding hydrogens is 261 g/mol. The average Bonchev–Trinajstić information content (AvgIpc) is 2.92. The van der Waals surface area contributed by atoms with Gasteiger partial charge < -0.3 is 10.5 Å². The summed E-state index contributed by atoms with van der Waals surface area (Å²) in [4.78, 5) is 8.05. The number of hydrogen-bond acceptors (Lipinski definition) is 5. The summed E-state index contributed by atoms with van der Waals surface area (Å²) >= 11 is 0. The van der Waals surface area contributed by atoms with Gasteiger partial charge in [0.15, 0.2) is 11.5 Å². The predicted molar refractivity (Wildman–Crippen MR) is 71.8 cm³/mol.